The zero-order valence-electron chi connectivity index (χ0n) is 17.1. The number of rotatable bonds is 2. The summed E-state index contributed by atoms with van der Waals surface area (Å²) in [5.74, 6) is -2.39. The van der Waals surface area contributed by atoms with Crippen LogP contribution in [0.25, 0.3) is 0 Å². The molecule has 4 bridgehead atoms. The molecule has 6 rings (SSSR count). The van der Waals surface area contributed by atoms with Crippen molar-refractivity contribution < 1.29 is 29.3 Å². The van der Waals surface area contributed by atoms with Crippen LogP contribution in [0.15, 0.2) is 11.1 Å². The van der Waals surface area contributed by atoms with Gasteiger partial charge in [0.2, 0.25) is 0 Å². The van der Waals surface area contributed by atoms with E-state index in [1.165, 1.54) is 0 Å². The number of hydrogen-bond acceptors (Lipinski definition) is 6. The van der Waals surface area contributed by atoms with Crippen LogP contribution in [-0.2, 0) is 19.1 Å². The van der Waals surface area contributed by atoms with E-state index in [0.717, 1.165) is 24.8 Å². The number of esters is 1. The summed E-state index contributed by atoms with van der Waals surface area (Å²) in [4.78, 5) is 26.6. The first kappa shape index (κ1) is 18.8. The zero-order valence-corrected chi connectivity index (χ0v) is 17.1. The van der Waals surface area contributed by atoms with E-state index in [-0.39, 0.29) is 24.7 Å². The number of ether oxygens (including phenoxy) is 2. The summed E-state index contributed by atoms with van der Waals surface area (Å²) in [6.45, 7) is 7.58. The third-order valence-electron chi connectivity index (χ3n) is 9.72. The van der Waals surface area contributed by atoms with Gasteiger partial charge in [-0.25, -0.2) is 4.79 Å². The highest BCUT2D eigenvalue weighted by atomic mass is 16.7. The Balaban J connectivity index is 1.69. The highest BCUT2D eigenvalue weighted by Gasteiger charge is 2.93. The number of aliphatic hydroxyl groups is 2. The molecule has 28 heavy (non-hydrogen) atoms. The molecule has 1 aliphatic heterocycles. The lowest BCUT2D eigenvalue weighted by Gasteiger charge is -2.70. The van der Waals surface area contributed by atoms with Crippen molar-refractivity contribution in [1.29, 1.82) is 0 Å². The van der Waals surface area contributed by atoms with Gasteiger partial charge in [0.1, 0.15) is 17.3 Å². The molecule has 1 heterocycles. The largest absolute Gasteiger partial charge is 0.426 e. The molecule has 6 aliphatic rings. The van der Waals surface area contributed by atoms with E-state index in [2.05, 4.69) is 0 Å². The lowest BCUT2D eigenvalue weighted by Crippen LogP contribution is -2.84. The monoisotopic (exact) mass is 390 g/mol. The van der Waals surface area contributed by atoms with Crippen LogP contribution in [0.1, 0.15) is 66.2 Å². The predicted molar refractivity (Wildman–Crippen MR) is 99.0 cm³/mol. The maximum absolute atomic E-state index is 13.5. The van der Waals surface area contributed by atoms with Crippen LogP contribution in [0.4, 0.5) is 0 Å². The smallest absolute Gasteiger partial charge is 0.336 e. The zero-order chi connectivity index (χ0) is 20.3. The first-order valence-electron chi connectivity index (χ1n) is 10.5. The van der Waals surface area contributed by atoms with E-state index in [1.54, 1.807) is 6.92 Å². The maximum Gasteiger partial charge on any atom is 0.336 e. The van der Waals surface area contributed by atoms with E-state index in [4.69, 9.17) is 9.47 Å². The Morgan fingerprint density at radius 3 is 2.64 bits per heavy atom. The topological polar surface area (TPSA) is 93.1 Å². The van der Waals surface area contributed by atoms with Crippen molar-refractivity contribution in [1.82, 2.24) is 0 Å². The molecule has 1 spiro atoms. The first-order valence-corrected chi connectivity index (χ1v) is 10.5. The van der Waals surface area contributed by atoms with Gasteiger partial charge in [0.05, 0.1) is 12.2 Å². The summed E-state index contributed by atoms with van der Waals surface area (Å²) in [6.07, 6.45) is 2.50. The normalized spacial score (nSPS) is 54.4. The molecule has 2 N–H and O–H groups in total. The van der Waals surface area contributed by atoms with E-state index in [1.807, 2.05) is 20.8 Å². The average Bonchev–Trinajstić information content (AvgIpc) is 3.25. The fraction of sp³-hybridized carbons (Fsp3) is 0.818. The Kier molecular flexibility index (Phi) is 3.40. The Morgan fingerprint density at radius 2 is 2.00 bits per heavy atom. The molecule has 6 nitrogen and oxygen atoms in total. The van der Waals surface area contributed by atoms with Crippen molar-refractivity contribution in [2.75, 3.05) is 6.61 Å². The Bertz CT molecular complexity index is 833. The molecule has 0 amide bonds. The predicted octanol–water partition coefficient (Wildman–Crippen LogP) is 2.26. The van der Waals surface area contributed by atoms with Gasteiger partial charge in [-0.1, -0.05) is 19.4 Å². The van der Waals surface area contributed by atoms with Gasteiger partial charge in [0.25, 0.3) is 5.79 Å². The van der Waals surface area contributed by atoms with Crippen LogP contribution in [0.3, 0.4) is 0 Å². The molecule has 7 atom stereocenters. The van der Waals surface area contributed by atoms with Crippen molar-refractivity contribution >= 4 is 11.8 Å². The molecule has 1 saturated heterocycles. The molecular weight excluding hydrogens is 360 g/mol. The van der Waals surface area contributed by atoms with Gasteiger partial charge in [-0.2, -0.15) is 0 Å². The lowest BCUT2D eigenvalue weighted by molar-refractivity contribution is -0.369. The summed E-state index contributed by atoms with van der Waals surface area (Å²) >= 11 is 0. The number of carbonyl (C=O) groups excluding carboxylic acids is 2. The highest BCUT2D eigenvalue weighted by Crippen LogP contribution is 2.80. The first-order chi connectivity index (χ1) is 13.0. The molecule has 0 aromatic rings. The Hall–Kier alpha value is -1.24. The Morgan fingerprint density at radius 1 is 1.29 bits per heavy atom. The van der Waals surface area contributed by atoms with Crippen LogP contribution in [0, 0.1) is 22.2 Å². The molecule has 5 aliphatic carbocycles. The second-order valence-electron chi connectivity index (χ2n) is 10.3. The number of ketones is 1. The van der Waals surface area contributed by atoms with Gasteiger partial charge < -0.3 is 19.7 Å². The lowest BCUT2D eigenvalue weighted by atomic mass is 9.35. The number of Topliss-reactive ketones (excluding diaryl/α,β-unsaturated/α-hetero) is 1. The third-order valence-corrected chi connectivity index (χ3v) is 9.72. The minimum atomic E-state index is -1.74. The van der Waals surface area contributed by atoms with Gasteiger partial charge >= 0.3 is 5.97 Å². The standard InChI is InChI=1S/C22H30O6/c1-12-6-5-7-14(12)16(24)28-22-17(25)20-10-15(23)19(22,4)18(3,11-27-22)21(20,26)9-8-13(20)2/h13,17,25-26H,5-11H2,1-4H3/t13-,17-,18?,19?,20?,21+,22+/m1/s1. The van der Waals surface area contributed by atoms with Crippen LogP contribution >= 0.6 is 0 Å². The van der Waals surface area contributed by atoms with Crippen LogP contribution < -0.4 is 0 Å². The minimum Gasteiger partial charge on any atom is -0.426 e. The molecule has 4 saturated carbocycles. The van der Waals surface area contributed by atoms with Gasteiger partial charge in [0, 0.05) is 22.8 Å². The number of fused-ring (bicyclic) bond motifs is 1. The van der Waals surface area contributed by atoms with E-state index in [9.17, 15) is 19.8 Å². The fourth-order valence-electron chi connectivity index (χ4n) is 7.68. The molecule has 5 fully saturated rings. The summed E-state index contributed by atoms with van der Waals surface area (Å²) in [5.41, 5.74) is -2.86. The second kappa shape index (κ2) is 5.08. The number of allylic oxidation sites excluding steroid dienone is 1. The molecule has 3 unspecified atom stereocenters. The van der Waals surface area contributed by atoms with Crippen molar-refractivity contribution in [2.45, 2.75) is 83.7 Å². The summed E-state index contributed by atoms with van der Waals surface area (Å²) < 4.78 is 12.1. The quantitative estimate of drug-likeness (QED) is 0.703. The van der Waals surface area contributed by atoms with Gasteiger partial charge in [0.15, 0.2) is 0 Å². The minimum absolute atomic E-state index is 0.0761. The number of hydrogen-bond donors (Lipinski definition) is 2. The molecule has 0 radical (unpaired) electrons. The van der Waals surface area contributed by atoms with Crippen LogP contribution in [0.5, 0.6) is 0 Å². The van der Waals surface area contributed by atoms with Crippen molar-refractivity contribution in [3.05, 3.63) is 11.1 Å². The number of aliphatic hydroxyl groups excluding tert-OH is 1. The average molecular weight is 390 g/mol. The molecule has 0 aromatic heterocycles. The molecule has 6 heteroatoms. The summed E-state index contributed by atoms with van der Waals surface area (Å²) in [7, 11) is 0. The molecule has 154 valence electrons. The molecular formula is C22H30O6. The van der Waals surface area contributed by atoms with Crippen molar-refractivity contribution in [3.63, 3.8) is 0 Å². The summed E-state index contributed by atoms with van der Waals surface area (Å²) in [6, 6.07) is 0. The van der Waals surface area contributed by atoms with Gasteiger partial charge in [-0.15, -0.1) is 0 Å². The van der Waals surface area contributed by atoms with Crippen LogP contribution in [-0.4, -0.2) is 46.1 Å². The van der Waals surface area contributed by atoms with E-state index < -0.39 is 39.7 Å². The van der Waals surface area contributed by atoms with Gasteiger partial charge in [-0.05, 0) is 51.9 Å². The van der Waals surface area contributed by atoms with E-state index in [0.29, 0.717) is 18.4 Å². The summed E-state index contributed by atoms with van der Waals surface area (Å²) in [5, 5.41) is 23.6. The Labute approximate surface area is 165 Å². The third kappa shape index (κ3) is 1.52. The molecule has 0 aromatic carbocycles. The maximum atomic E-state index is 13.5. The van der Waals surface area contributed by atoms with E-state index >= 15 is 0 Å². The van der Waals surface area contributed by atoms with Crippen molar-refractivity contribution in [2.24, 2.45) is 22.2 Å². The van der Waals surface area contributed by atoms with Crippen LogP contribution in [0.2, 0.25) is 0 Å². The SMILES string of the molecule is CC1=C(C(=O)O[C@]23OCC4(C)C2(C)C(=O)CC2([C@H](C)CC[C@@]24O)[C@H]3O)CCC1. The fourth-order valence-corrected chi connectivity index (χ4v) is 7.68. The van der Waals surface area contributed by atoms with Crippen molar-refractivity contribution in [3.8, 4) is 0 Å². The van der Waals surface area contributed by atoms with Gasteiger partial charge in [-0.3, -0.25) is 4.79 Å². The highest BCUT2D eigenvalue weighted by molar-refractivity contribution is 5.94. The second-order valence-corrected chi connectivity index (χ2v) is 10.3. The number of carbonyl (C=O) groups is 2.